The van der Waals surface area contributed by atoms with Crippen LogP contribution in [-0.2, 0) is 24.4 Å². The average molecular weight is 408 g/mol. The van der Waals surface area contributed by atoms with Crippen LogP contribution in [0.25, 0.3) is 0 Å². The van der Waals surface area contributed by atoms with E-state index in [0.717, 1.165) is 37.2 Å². The molecule has 0 radical (unpaired) electrons. The van der Waals surface area contributed by atoms with Crippen molar-refractivity contribution in [1.82, 2.24) is 4.90 Å². The number of carboxylic acids is 1. The second-order valence-corrected chi connectivity index (χ2v) is 7.85. The minimum atomic E-state index is -0.758. The fourth-order valence-electron chi connectivity index (χ4n) is 3.61. The minimum absolute atomic E-state index is 0.0128. The molecule has 30 heavy (non-hydrogen) atoms. The largest absolute Gasteiger partial charge is 0.490 e. The van der Waals surface area contributed by atoms with E-state index < -0.39 is 5.97 Å². The molecule has 2 aromatic carbocycles. The summed E-state index contributed by atoms with van der Waals surface area (Å²) < 4.78 is 11.7. The van der Waals surface area contributed by atoms with E-state index in [1.807, 2.05) is 38.1 Å². The number of benzene rings is 2. The fraction of sp³-hybridized carbons (Fsp3) is 0.417. The molecular formula is C24H28N2O4. The normalized spacial score (nSPS) is 13.9. The lowest BCUT2D eigenvalue weighted by atomic mass is 10.0. The minimum Gasteiger partial charge on any atom is -0.490 e. The monoisotopic (exact) mass is 408 g/mol. The average Bonchev–Trinajstić information content (AvgIpc) is 2.92. The highest BCUT2D eigenvalue weighted by Crippen LogP contribution is 2.25. The van der Waals surface area contributed by atoms with Gasteiger partial charge < -0.3 is 14.6 Å². The molecule has 0 aliphatic carbocycles. The summed E-state index contributed by atoms with van der Waals surface area (Å²) in [5.74, 6) is 0.633. The van der Waals surface area contributed by atoms with E-state index in [1.165, 1.54) is 11.1 Å². The first-order valence-corrected chi connectivity index (χ1v) is 10.3. The number of aliphatic carboxylic acids is 1. The second-order valence-electron chi connectivity index (χ2n) is 7.85. The summed E-state index contributed by atoms with van der Waals surface area (Å²) in [4.78, 5) is 13.0. The molecule has 0 saturated heterocycles. The van der Waals surface area contributed by atoms with Gasteiger partial charge in [0.1, 0.15) is 24.2 Å². The number of fused-ring (bicyclic) bond motifs is 1. The van der Waals surface area contributed by atoms with Gasteiger partial charge in [0.15, 0.2) is 0 Å². The van der Waals surface area contributed by atoms with Gasteiger partial charge in [0.2, 0.25) is 0 Å². The summed E-state index contributed by atoms with van der Waals surface area (Å²) in [6.07, 6.45) is 2.13. The maximum Gasteiger partial charge on any atom is 0.304 e. The third-order valence-corrected chi connectivity index (χ3v) is 5.07. The number of carbonyl (C=O) groups is 1. The van der Waals surface area contributed by atoms with Crippen molar-refractivity contribution in [3.05, 3.63) is 58.7 Å². The number of rotatable bonds is 8. The van der Waals surface area contributed by atoms with E-state index in [-0.39, 0.29) is 12.5 Å². The zero-order valence-electron chi connectivity index (χ0n) is 17.6. The number of nitrogens with zero attached hydrogens (tertiary/aromatic N) is 2. The van der Waals surface area contributed by atoms with Crippen LogP contribution in [0.5, 0.6) is 11.5 Å². The molecule has 6 nitrogen and oxygen atoms in total. The molecule has 0 saturated carbocycles. The number of aryl methyl sites for hydroxylation is 1. The van der Waals surface area contributed by atoms with Gasteiger partial charge in [-0.3, -0.25) is 9.69 Å². The van der Waals surface area contributed by atoms with E-state index in [9.17, 15) is 10.1 Å². The van der Waals surface area contributed by atoms with E-state index in [2.05, 4.69) is 23.1 Å². The van der Waals surface area contributed by atoms with E-state index in [1.54, 1.807) is 0 Å². The van der Waals surface area contributed by atoms with E-state index in [0.29, 0.717) is 24.5 Å². The number of nitriles is 1. The maximum atomic E-state index is 10.8. The molecule has 0 atom stereocenters. The lowest BCUT2D eigenvalue weighted by molar-refractivity contribution is -0.137. The van der Waals surface area contributed by atoms with Crippen LogP contribution in [0.4, 0.5) is 0 Å². The summed E-state index contributed by atoms with van der Waals surface area (Å²) in [6.45, 7) is 6.49. The van der Waals surface area contributed by atoms with Crippen LogP contribution in [-0.4, -0.2) is 35.2 Å². The van der Waals surface area contributed by atoms with Gasteiger partial charge in [-0.05, 0) is 74.2 Å². The Hall–Kier alpha value is -3.04. The molecule has 0 bridgehead atoms. The Kier molecular flexibility index (Phi) is 7.31. The summed E-state index contributed by atoms with van der Waals surface area (Å²) in [5, 5.41) is 18.3. The first-order chi connectivity index (χ1) is 14.4. The summed E-state index contributed by atoms with van der Waals surface area (Å²) >= 11 is 0. The molecule has 0 aromatic heterocycles. The molecule has 0 fully saturated rings. The number of hydrogen-bond donors (Lipinski definition) is 1. The third-order valence-electron chi connectivity index (χ3n) is 5.07. The lowest BCUT2D eigenvalue weighted by Crippen LogP contribution is -2.26. The Bertz CT molecular complexity index is 933. The number of carboxylic acid groups (broad SMARTS) is 1. The van der Waals surface area contributed by atoms with Gasteiger partial charge in [-0.25, -0.2) is 0 Å². The van der Waals surface area contributed by atoms with Crippen molar-refractivity contribution >= 4 is 5.97 Å². The molecule has 1 heterocycles. The number of hydrogen-bond acceptors (Lipinski definition) is 5. The first kappa shape index (κ1) is 21.7. The van der Waals surface area contributed by atoms with Crippen molar-refractivity contribution < 1.29 is 19.4 Å². The standard InChI is InChI=1S/C24H28N2O4/c1-17(2)30-23-8-5-18(12-21(23)14-25)16-29-22-7-6-20-15-26(11-9-24(27)28)10-3-4-19(20)13-22/h5-8,12-13,17H,3-4,9-11,15-16H2,1-2H3,(H,27,28). The van der Waals surface area contributed by atoms with Crippen LogP contribution in [0.3, 0.4) is 0 Å². The lowest BCUT2D eigenvalue weighted by Gasteiger charge is -2.19. The predicted octanol–water partition coefficient (Wildman–Crippen LogP) is 4.15. The molecule has 3 rings (SSSR count). The second kappa shape index (κ2) is 10.1. The maximum absolute atomic E-state index is 10.8. The highest BCUT2D eigenvalue weighted by molar-refractivity contribution is 5.66. The molecule has 0 amide bonds. The van der Waals surface area contributed by atoms with Crippen molar-refractivity contribution in [3.63, 3.8) is 0 Å². The Morgan fingerprint density at radius 1 is 1.23 bits per heavy atom. The smallest absolute Gasteiger partial charge is 0.304 e. The van der Waals surface area contributed by atoms with Gasteiger partial charge >= 0.3 is 5.97 Å². The zero-order chi connectivity index (χ0) is 21.5. The Morgan fingerprint density at radius 2 is 2.07 bits per heavy atom. The van der Waals surface area contributed by atoms with Gasteiger partial charge in [0.25, 0.3) is 0 Å². The third kappa shape index (κ3) is 5.98. The molecular weight excluding hydrogens is 380 g/mol. The van der Waals surface area contributed by atoms with Gasteiger partial charge in [0, 0.05) is 13.1 Å². The van der Waals surface area contributed by atoms with Crippen LogP contribution < -0.4 is 9.47 Å². The van der Waals surface area contributed by atoms with Crippen LogP contribution in [0.2, 0.25) is 0 Å². The van der Waals surface area contributed by atoms with E-state index >= 15 is 0 Å². The van der Waals surface area contributed by atoms with Crippen LogP contribution in [0.1, 0.15) is 48.9 Å². The van der Waals surface area contributed by atoms with Crippen LogP contribution in [0.15, 0.2) is 36.4 Å². The molecule has 158 valence electrons. The van der Waals surface area contributed by atoms with Gasteiger partial charge in [-0.2, -0.15) is 5.26 Å². The summed E-state index contributed by atoms with van der Waals surface area (Å²) in [6, 6.07) is 13.8. The topological polar surface area (TPSA) is 82.8 Å². The van der Waals surface area contributed by atoms with Gasteiger partial charge in [-0.15, -0.1) is 0 Å². The Balaban J connectivity index is 1.64. The molecule has 0 unspecified atom stereocenters. The molecule has 2 aromatic rings. The van der Waals surface area contributed by atoms with Crippen molar-refractivity contribution in [3.8, 4) is 17.6 Å². The highest BCUT2D eigenvalue weighted by atomic mass is 16.5. The van der Waals surface area contributed by atoms with Crippen molar-refractivity contribution in [2.24, 2.45) is 0 Å². The van der Waals surface area contributed by atoms with Crippen molar-refractivity contribution in [1.29, 1.82) is 5.26 Å². The van der Waals surface area contributed by atoms with Crippen LogP contribution >= 0.6 is 0 Å². The van der Waals surface area contributed by atoms with Gasteiger partial charge in [0.05, 0.1) is 18.1 Å². The van der Waals surface area contributed by atoms with Crippen LogP contribution in [0, 0.1) is 11.3 Å². The molecule has 0 spiro atoms. The first-order valence-electron chi connectivity index (χ1n) is 10.3. The molecule has 1 N–H and O–H groups in total. The summed E-state index contributed by atoms with van der Waals surface area (Å²) in [5.41, 5.74) is 3.90. The fourth-order valence-corrected chi connectivity index (χ4v) is 3.61. The summed E-state index contributed by atoms with van der Waals surface area (Å²) in [7, 11) is 0. The van der Waals surface area contributed by atoms with Crippen molar-refractivity contribution in [2.45, 2.75) is 52.4 Å². The van der Waals surface area contributed by atoms with Crippen molar-refractivity contribution in [2.75, 3.05) is 13.1 Å². The quantitative estimate of drug-likeness (QED) is 0.707. The molecule has 1 aliphatic heterocycles. The predicted molar refractivity (Wildman–Crippen MR) is 114 cm³/mol. The zero-order valence-corrected chi connectivity index (χ0v) is 17.6. The SMILES string of the molecule is CC(C)Oc1ccc(COc2ccc3c(c2)CCCN(CCC(=O)O)C3)cc1C#N. The Morgan fingerprint density at radius 3 is 2.80 bits per heavy atom. The molecule has 1 aliphatic rings. The van der Waals surface area contributed by atoms with E-state index in [4.69, 9.17) is 14.6 Å². The molecule has 6 heteroatoms. The van der Waals surface area contributed by atoms with Gasteiger partial charge in [-0.1, -0.05) is 12.1 Å². The number of ether oxygens (including phenoxy) is 2. The Labute approximate surface area is 177 Å². The highest BCUT2D eigenvalue weighted by Gasteiger charge is 2.16.